The summed E-state index contributed by atoms with van der Waals surface area (Å²) in [6.07, 6.45) is 0.399. The number of epoxide rings is 2. The van der Waals surface area contributed by atoms with Crippen molar-refractivity contribution in [2.24, 2.45) is 0 Å². The Morgan fingerprint density at radius 2 is 1.39 bits per heavy atom. The molecule has 0 bridgehead atoms. The van der Waals surface area contributed by atoms with Gasteiger partial charge in [0.15, 0.2) is 11.4 Å². The van der Waals surface area contributed by atoms with Crippen LogP contribution in [0.1, 0.15) is 22.8 Å². The highest BCUT2D eigenvalue weighted by Gasteiger charge is 2.36. The van der Waals surface area contributed by atoms with Gasteiger partial charge in [0.1, 0.15) is 36.9 Å². The molecule has 0 aliphatic carbocycles. The Bertz CT molecular complexity index is 808. The van der Waals surface area contributed by atoms with Gasteiger partial charge in [0.05, 0.1) is 13.2 Å². The average molecular weight is 384 g/mol. The standard InChI is InChI=1S/C22H24O6/c1-22(24-2,16-5-9-18(10-6-16)26-12-20-14-28-20)21(23)15-3-7-17(8-4-15)25-11-19-13-27-19/h3-10,19-20H,11-14H2,1-2H3. The predicted octanol–water partition coefficient (Wildman–Crippen LogP) is 2.99. The van der Waals surface area contributed by atoms with Gasteiger partial charge in [-0.1, -0.05) is 12.1 Å². The molecule has 0 radical (unpaired) electrons. The Kier molecular flexibility index (Phi) is 5.35. The fourth-order valence-corrected chi connectivity index (χ4v) is 2.90. The topological polar surface area (TPSA) is 69.8 Å². The smallest absolute Gasteiger partial charge is 0.198 e. The van der Waals surface area contributed by atoms with E-state index in [9.17, 15) is 4.79 Å². The van der Waals surface area contributed by atoms with E-state index in [4.69, 9.17) is 23.7 Å². The normalized spacial score (nSPS) is 22.2. The minimum atomic E-state index is -1.09. The van der Waals surface area contributed by atoms with Gasteiger partial charge < -0.3 is 23.7 Å². The summed E-state index contributed by atoms with van der Waals surface area (Å²) in [6.45, 7) is 4.36. The van der Waals surface area contributed by atoms with Crippen LogP contribution in [0.5, 0.6) is 11.5 Å². The van der Waals surface area contributed by atoms with Gasteiger partial charge in [-0.15, -0.1) is 0 Å². The van der Waals surface area contributed by atoms with E-state index < -0.39 is 5.60 Å². The number of ketones is 1. The van der Waals surface area contributed by atoms with Gasteiger partial charge in [-0.25, -0.2) is 0 Å². The molecule has 3 unspecified atom stereocenters. The van der Waals surface area contributed by atoms with Gasteiger partial charge in [0.25, 0.3) is 0 Å². The molecule has 0 amide bonds. The first kappa shape index (κ1) is 18.9. The van der Waals surface area contributed by atoms with Gasteiger partial charge in [-0.2, -0.15) is 0 Å². The van der Waals surface area contributed by atoms with E-state index in [0.717, 1.165) is 24.5 Å². The summed E-state index contributed by atoms with van der Waals surface area (Å²) < 4.78 is 27.2. The molecule has 4 rings (SSSR count). The lowest BCUT2D eigenvalue weighted by Gasteiger charge is -2.27. The Balaban J connectivity index is 1.44. The first-order chi connectivity index (χ1) is 13.6. The third-order valence-electron chi connectivity index (χ3n) is 5.04. The molecule has 0 N–H and O–H groups in total. The second-order valence-corrected chi connectivity index (χ2v) is 7.15. The largest absolute Gasteiger partial charge is 0.491 e. The predicted molar refractivity (Wildman–Crippen MR) is 102 cm³/mol. The van der Waals surface area contributed by atoms with Crippen LogP contribution < -0.4 is 9.47 Å². The maximum atomic E-state index is 13.2. The number of hydrogen-bond donors (Lipinski definition) is 0. The third-order valence-corrected chi connectivity index (χ3v) is 5.04. The van der Waals surface area contributed by atoms with Crippen molar-refractivity contribution in [3.8, 4) is 11.5 Å². The molecular formula is C22H24O6. The minimum Gasteiger partial charge on any atom is -0.491 e. The Morgan fingerprint density at radius 3 is 1.82 bits per heavy atom. The maximum Gasteiger partial charge on any atom is 0.198 e. The van der Waals surface area contributed by atoms with E-state index in [1.807, 2.05) is 24.3 Å². The molecule has 3 atom stereocenters. The summed E-state index contributed by atoms with van der Waals surface area (Å²) in [5.41, 5.74) is 0.231. The van der Waals surface area contributed by atoms with E-state index in [0.29, 0.717) is 24.5 Å². The zero-order chi connectivity index (χ0) is 19.6. The quantitative estimate of drug-likeness (QED) is 0.463. The zero-order valence-corrected chi connectivity index (χ0v) is 16.1. The number of ether oxygens (including phenoxy) is 5. The fraction of sp³-hybridized carbons (Fsp3) is 0.409. The summed E-state index contributed by atoms with van der Waals surface area (Å²) in [4.78, 5) is 13.2. The molecule has 2 aromatic carbocycles. The fourth-order valence-electron chi connectivity index (χ4n) is 2.90. The lowest BCUT2D eigenvalue weighted by molar-refractivity contribution is 0.0101. The molecule has 0 aromatic heterocycles. The van der Waals surface area contributed by atoms with Gasteiger partial charge in [-0.3, -0.25) is 4.79 Å². The van der Waals surface area contributed by atoms with Gasteiger partial charge in [-0.05, 0) is 48.9 Å². The SMILES string of the molecule is COC(C)(C(=O)c1ccc(OCC2CO2)cc1)c1ccc(OCC2CO2)cc1. The minimum absolute atomic E-state index is 0.118. The van der Waals surface area contributed by atoms with Gasteiger partial charge in [0.2, 0.25) is 0 Å². The number of rotatable bonds is 10. The highest BCUT2D eigenvalue weighted by Crippen LogP contribution is 2.31. The molecule has 148 valence electrons. The van der Waals surface area contributed by atoms with Crippen LogP contribution in [-0.4, -0.2) is 51.5 Å². The molecule has 2 aliphatic rings. The van der Waals surface area contributed by atoms with Crippen molar-refractivity contribution in [3.63, 3.8) is 0 Å². The Labute approximate surface area is 164 Å². The summed E-state index contributed by atoms with van der Waals surface area (Å²) in [5.74, 6) is 1.34. The van der Waals surface area contributed by atoms with Crippen LogP contribution in [0.15, 0.2) is 48.5 Å². The van der Waals surface area contributed by atoms with Crippen LogP contribution >= 0.6 is 0 Å². The molecule has 28 heavy (non-hydrogen) atoms. The van der Waals surface area contributed by atoms with Crippen molar-refractivity contribution in [3.05, 3.63) is 59.7 Å². The van der Waals surface area contributed by atoms with Gasteiger partial charge in [0, 0.05) is 12.7 Å². The molecule has 6 nitrogen and oxygen atoms in total. The monoisotopic (exact) mass is 384 g/mol. The molecule has 6 heteroatoms. The van der Waals surface area contributed by atoms with E-state index in [1.54, 1.807) is 38.3 Å². The summed E-state index contributed by atoms with van der Waals surface area (Å²) in [6, 6.07) is 14.5. The number of methoxy groups -OCH3 is 1. The van der Waals surface area contributed by atoms with E-state index in [1.165, 1.54) is 0 Å². The Hall–Kier alpha value is -2.41. The van der Waals surface area contributed by atoms with Crippen molar-refractivity contribution in [2.75, 3.05) is 33.5 Å². The van der Waals surface area contributed by atoms with Crippen molar-refractivity contribution in [1.29, 1.82) is 0 Å². The molecule has 0 spiro atoms. The number of carbonyl (C=O) groups excluding carboxylic acids is 1. The highest BCUT2D eigenvalue weighted by atomic mass is 16.6. The van der Waals surface area contributed by atoms with E-state index in [2.05, 4.69) is 0 Å². The van der Waals surface area contributed by atoms with Crippen molar-refractivity contribution < 1.29 is 28.5 Å². The first-order valence-corrected chi connectivity index (χ1v) is 9.38. The lowest BCUT2D eigenvalue weighted by atomic mass is 9.87. The number of benzene rings is 2. The van der Waals surface area contributed by atoms with Crippen LogP contribution in [0.25, 0.3) is 0 Å². The third kappa shape index (κ3) is 4.35. The van der Waals surface area contributed by atoms with E-state index >= 15 is 0 Å². The molecule has 2 aromatic rings. The van der Waals surface area contributed by atoms with Crippen molar-refractivity contribution >= 4 is 5.78 Å². The molecular weight excluding hydrogens is 360 g/mol. The van der Waals surface area contributed by atoms with Crippen LogP contribution in [0.2, 0.25) is 0 Å². The van der Waals surface area contributed by atoms with E-state index in [-0.39, 0.29) is 18.0 Å². The van der Waals surface area contributed by atoms with Crippen LogP contribution in [0.4, 0.5) is 0 Å². The van der Waals surface area contributed by atoms with Crippen molar-refractivity contribution in [1.82, 2.24) is 0 Å². The van der Waals surface area contributed by atoms with Crippen LogP contribution in [0, 0.1) is 0 Å². The Morgan fingerprint density at radius 1 is 0.929 bits per heavy atom. The zero-order valence-electron chi connectivity index (χ0n) is 16.1. The highest BCUT2D eigenvalue weighted by molar-refractivity contribution is 6.02. The number of carbonyl (C=O) groups is 1. The van der Waals surface area contributed by atoms with Gasteiger partial charge >= 0.3 is 0 Å². The van der Waals surface area contributed by atoms with Crippen LogP contribution in [-0.2, 0) is 19.8 Å². The second-order valence-electron chi connectivity index (χ2n) is 7.15. The first-order valence-electron chi connectivity index (χ1n) is 9.38. The molecule has 2 heterocycles. The molecule has 2 fully saturated rings. The summed E-state index contributed by atoms with van der Waals surface area (Å²) >= 11 is 0. The van der Waals surface area contributed by atoms with Crippen LogP contribution in [0.3, 0.4) is 0 Å². The summed E-state index contributed by atoms with van der Waals surface area (Å²) in [7, 11) is 1.54. The lowest BCUT2D eigenvalue weighted by Crippen LogP contribution is -2.34. The van der Waals surface area contributed by atoms with Crippen molar-refractivity contribution in [2.45, 2.75) is 24.7 Å². The molecule has 2 aliphatic heterocycles. The maximum absolute atomic E-state index is 13.2. The average Bonchev–Trinajstić information content (AvgIpc) is 3.65. The molecule has 2 saturated heterocycles. The second kappa shape index (κ2) is 7.91. The number of Topliss-reactive ketones (excluding diaryl/α,β-unsaturated/α-hetero) is 1. The number of hydrogen-bond acceptors (Lipinski definition) is 6. The molecule has 0 saturated carbocycles. The summed E-state index contributed by atoms with van der Waals surface area (Å²) in [5, 5.41) is 0.